The van der Waals surface area contributed by atoms with Crippen LogP contribution in [0.2, 0.25) is 0 Å². The molecule has 0 spiro atoms. The number of nitrogens with zero attached hydrogens (tertiary/aromatic N) is 5. The van der Waals surface area contributed by atoms with Crippen LogP contribution in [0, 0.1) is 0 Å². The van der Waals surface area contributed by atoms with E-state index in [2.05, 4.69) is 27.4 Å². The summed E-state index contributed by atoms with van der Waals surface area (Å²) in [5, 5.41) is 5.56. The lowest BCUT2D eigenvalue weighted by molar-refractivity contribution is 0.0984. The number of nitrogens with one attached hydrogen (secondary N) is 2. The molecule has 1 saturated heterocycles. The number of aromatic nitrogens is 3. The normalized spacial score (nSPS) is 17.3. The van der Waals surface area contributed by atoms with Crippen molar-refractivity contribution < 1.29 is 9.53 Å². The topological polar surface area (TPSA) is 105 Å². The van der Waals surface area contributed by atoms with E-state index in [4.69, 9.17) is 14.7 Å². The van der Waals surface area contributed by atoms with E-state index in [1.807, 2.05) is 37.3 Å². The standard InChI is InChI=1S/C27H33N7O3/c1-4-28-27(36)29-20-10-8-19(9-11-20)25-30-22-16-33(23-6-5-7-24(35)32(23)3)13-12-21(22)26(31-25)34-14-15-37-17-18(34)2/h5-11,18H,4,12-17H2,1-3H3,(H2,28,29,36). The average Bonchev–Trinajstić information content (AvgIpc) is 2.90. The molecule has 4 heterocycles. The molecule has 2 aliphatic heterocycles. The molecule has 2 amide bonds. The van der Waals surface area contributed by atoms with Crippen molar-refractivity contribution in [1.29, 1.82) is 0 Å². The van der Waals surface area contributed by atoms with Gasteiger partial charge in [0.25, 0.3) is 5.56 Å². The van der Waals surface area contributed by atoms with E-state index < -0.39 is 0 Å². The van der Waals surface area contributed by atoms with Gasteiger partial charge in [0.1, 0.15) is 11.6 Å². The summed E-state index contributed by atoms with van der Waals surface area (Å²) in [5.74, 6) is 2.48. The molecule has 1 fully saturated rings. The highest BCUT2D eigenvalue weighted by Gasteiger charge is 2.29. The number of carbonyl (C=O) groups excluding carboxylic acids is 1. The molecule has 0 saturated carbocycles. The third-order valence-electron chi connectivity index (χ3n) is 6.90. The quantitative estimate of drug-likeness (QED) is 0.552. The highest BCUT2D eigenvalue weighted by Crippen LogP contribution is 2.33. The van der Waals surface area contributed by atoms with Crippen LogP contribution in [-0.2, 0) is 24.8 Å². The molecule has 5 rings (SSSR count). The van der Waals surface area contributed by atoms with Gasteiger partial charge in [0.05, 0.1) is 31.5 Å². The minimum Gasteiger partial charge on any atom is -0.377 e. The fourth-order valence-electron chi connectivity index (χ4n) is 4.92. The van der Waals surface area contributed by atoms with Crippen LogP contribution < -0.4 is 26.0 Å². The molecular formula is C27H33N7O3. The Labute approximate surface area is 216 Å². The molecule has 1 aromatic carbocycles. The van der Waals surface area contributed by atoms with Crippen LogP contribution in [0.15, 0.2) is 47.3 Å². The molecule has 37 heavy (non-hydrogen) atoms. The second kappa shape index (κ2) is 10.6. The van der Waals surface area contributed by atoms with Crippen LogP contribution in [0.3, 0.4) is 0 Å². The molecule has 0 radical (unpaired) electrons. The van der Waals surface area contributed by atoms with Crippen LogP contribution >= 0.6 is 0 Å². The van der Waals surface area contributed by atoms with Gasteiger partial charge in [0.15, 0.2) is 5.82 Å². The lowest BCUT2D eigenvalue weighted by Crippen LogP contribution is -2.45. The number of anilines is 3. The number of benzene rings is 1. The Morgan fingerprint density at radius 1 is 1.14 bits per heavy atom. The zero-order valence-corrected chi connectivity index (χ0v) is 21.5. The smallest absolute Gasteiger partial charge is 0.319 e. The zero-order chi connectivity index (χ0) is 25.9. The van der Waals surface area contributed by atoms with Crippen LogP contribution in [0.1, 0.15) is 25.1 Å². The van der Waals surface area contributed by atoms with Crippen molar-refractivity contribution in [3.63, 3.8) is 0 Å². The largest absolute Gasteiger partial charge is 0.377 e. The minimum absolute atomic E-state index is 0.0316. The van der Waals surface area contributed by atoms with Crippen LogP contribution in [-0.4, -0.2) is 59.5 Å². The van der Waals surface area contributed by atoms with Crippen molar-refractivity contribution in [2.45, 2.75) is 32.9 Å². The Morgan fingerprint density at radius 2 is 1.95 bits per heavy atom. The van der Waals surface area contributed by atoms with Gasteiger partial charge in [-0.1, -0.05) is 6.07 Å². The maximum absolute atomic E-state index is 12.3. The van der Waals surface area contributed by atoms with Gasteiger partial charge in [-0.25, -0.2) is 14.8 Å². The lowest BCUT2D eigenvalue weighted by Gasteiger charge is -2.38. The van der Waals surface area contributed by atoms with Gasteiger partial charge in [-0.2, -0.15) is 0 Å². The van der Waals surface area contributed by atoms with Gasteiger partial charge < -0.3 is 25.2 Å². The van der Waals surface area contributed by atoms with Crippen molar-refractivity contribution in [1.82, 2.24) is 19.9 Å². The van der Waals surface area contributed by atoms with Gasteiger partial charge in [0, 0.05) is 49.6 Å². The molecule has 0 aliphatic carbocycles. The molecule has 1 unspecified atom stereocenters. The van der Waals surface area contributed by atoms with Gasteiger partial charge >= 0.3 is 6.03 Å². The van der Waals surface area contributed by atoms with Crippen LogP contribution in [0.25, 0.3) is 11.4 Å². The van der Waals surface area contributed by atoms with E-state index >= 15 is 0 Å². The number of urea groups is 1. The maximum Gasteiger partial charge on any atom is 0.319 e. The van der Waals surface area contributed by atoms with Gasteiger partial charge in [0.2, 0.25) is 0 Å². The molecule has 1 atom stereocenters. The number of carbonyl (C=O) groups is 1. The highest BCUT2D eigenvalue weighted by molar-refractivity contribution is 5.89. The van der Waals surface area contributed by atoms with Gasteiger partial charge in [-0.15, -0.1) is 0 Å². The molecule has 2 N–H and O–H groups in total. The number of hydrogen-bond donors (Lipinski definition) is 2. The molecule has 0 bridgehead atoms. The molecule has 10 nitrogen and oxygen atoms in total. The Balaban J connectivity index is 1.52. The first-order valence-corrected chi connectivity index (χ1v) is 12.7. The Hall–Kier alpha value is -3.92. The van der Waals surface area contributed by atoms with Crippen molar-refractivity contribution in [2.75, 3.05) is 48.0 Å². The summed E-state index contributed by atoms with van der Waals surface area (Å²) in [5.41, 5.74) is 3.66. The summed E-state index contributed by atoms with van der Waals surface area (Å²) < 4.78 is 7.37. The second-order valence-electron chi connectivity index (χ2n) is 9.43. The first kappa shape index (κ1) is 24.8. The summed E-state index contributed by atoms with van der Waals surface area (Å²) >= 11 is 0. The van der Waals surface area contributed by atoms with Crippen molar-refractivity contribution in [3.8, 4) is 11.4 Å². The Kier molecular flexibility index (Phi) is 7.09. The minimum atomic E-state index is -0.237. The number of rotatable bonds is 5. The Bertz CT molecular complexity index is 1340. The van der Waals surface area contributed by atoms with Crippen LogP contribution in [0.5, 0.6) is 0 Å². The van der Waals surface area contributed by atoms with E-state index in [1.165, 1.54) is 0 Å². The highest BCUT2D eigenvalue weighted by atomic mass is 16.5. The molecule has 194 valence electrons. The zero-order valence-electron chi connectivity index (χ0n) is 21.5. The average molecular weight is 504 g/mol. The summed E-state index contributed by atoms with van der Waals surface area (Å²) in [6.45, 7) is 8.05. The summed E-state index contributed by atoms with van der Waals surface area (Å²) in [4.78, 5) is 38.7. The van der Waals surface area contributed by atoms with Crippen molar-refractivity contribution >= 4 is 23.4 Å². The van der Waals surface area contributed by atoms with E-state index in [1.54, 1.807) is 23.7 Å². The molecule has 2 aromatic heterocycles. The van der Waals surface area contributed by atoms with Crippen LogP contribution in [0.4, 0.5) is 22.1 Å². The number of amides is 2. The lowest BCUT2D eigenvalue weighted by atomic mass is 10.0. The monoisotopic (exact) mass is 503 g/mol. The van der Waals surface area contributed by atoms with E-state index in [0.717, 1.165) is 48.0 Å². The van der Waals surface area contributed by atoms with Crippen molar-refractivity contribution in [2.24, 2.45) is 7.05 Å². The SMILES string of the molecule is CCNC(=O)Nc1ccc(-c2nc3c(c(N4CCOCC4C)n2)CCN(c2cccc(=O)n2C)C3)cc1. The number of pyridine rings is 1. The summed E-state index contributed by atoms with van der Waals surface area (Å²) in [7, 11) is 1.80. The fourth-order valence-corrected chi connectivity index (χ4v) is 4.92. The first-order valence-electron chi connectivity index (χ1n) is 12.7. The van der Waals surface area contributed by atoms with E-state index in [-0.39, 0.29) is 17.6 Å². The Morgan fingerprint density at radius 3 is 2.70 bits per heavy atom. The molecule has 3 aromatic rings. The summed E-state index contributed by atoms with van der Waals surface area (Å²) in [6, 6.07) is 12.9. The number of hydrogen-bond acceptors (Lipinski definition) is 7. The molecule has 10 heteroatoms. The van der Waals surface area contributed by atoms with Gasteiger partial charge in [-0.05, 0) is 50.6 Å². The second-order valence-corrected chi connectivity index (χ2v) is 9.43. The molecule has 2 aliphatic rings. The number of morpholine rings is 1. The predicted octanol–water partition coefficient (Wildman–Crippen LogP) is 2.77. The fraction of sp³-hybridized carbons (Fsp3) is 0.407. The summed E-state index contributed by atoms with van der Waals surface area (Å²) in [6.07, 6.45) is 0.785. The van der Waals surface area contributed by atoms with Crippen molar-refractivity contribution in [3.05, 3.63) is 64.1 Å². The third-order valence-corrected chi connectivity index (χ3v) is 6.90. The third kappa shape index (κ3) is 5.15. The van der Waals surface area contributed by atoms with Gasteiger partial charge in [-0.3, -0.25) is 9.36 Å². The predicted molar refractivity (Wildman–Crippen MR) is 144 cm³/mol. The van der Waals surface area contributed by atoms with E-state index in [9.17, 15) is 9.59 Å². The maximum atomic E-state index is 12.3. The number of ether oxygens (including phenoxy) is 1. The number of fused-ring (bicyclic) bond motifs is 1. The first-order chi connectivity index (χ1) is 17.9. The molecular weight excluding hydrogens is 470 g/mol. The van der Waals surface area contributed by atoms with E-state index in [0.29, 0.717) is 37.8 Å².